The summed E-state index contributed by atoms with van der Waals surface area (Å²) in [6.45, 7) is 0.267. The van der Waals surface area contributed by atoms with Gasteiger partial charge in [0.25, 0.3) is 5.91 Å². The molecule has 3 aromatic heterocycles. The summed E-state index contributed by atoms with van der Waals surface area (Å²) < 4.78 is 20.9. The molecule has 1 amide bonds. The van der Waals surface area contributed by atoms with Crippen molar-refractivity contribution in [3.05, 3.63) is 42.1 Å². The molecule has 1 fully saturated rings. The third kappa shape index (κ3) is 2.48. The summed E-state index contributed by atoms with van der Waals surface area (Å²) in [6, 6.07) is 4.76. The second kappa shape index (κ2) is 6.27. The number of aromatic nitrogens is 3. The van der Waals surface area contributed by atoms with Crippen molar-refractivity contribution in [1.29, 1.82) is 0 Å². The van der Waals surface area contributed by atoms with Crippen LogP contribution in [0.25, 0.3) is 22.2 Å². The molecule has 0 radical (unpaired) electrons. The van der Waals surface area contributed by atoms with Gasteiger partial charge in [-0.3, -0.25) is 9.78 Å². The highest BCUT2D eigenvalue weighted by Crippen LogP contribution is 2.40. The van der Waals surface area contributed by atoms with Crippen LogP contribution < -0.4 is 4.74 Å². The second-order valence-corrected chi connectivity index (χ2v) is 7.22. The molecule has 0 spiro atoms. The average Bonchev–Trinajstić information content (AvgIpc) is 3.50. The fourth-order valence-electron chi connectivity index (χ4n) is 4.08. The zero-order chi connectivity index (χ0) is 19.4. The van der Waals surface area contributed by atoms with Gasteiger partial charge in [0.05, 0.1) is 37.0 Å². The number of methoxy groups -OCH3 is 1. The molecule has 1 atom stereocenters. The van der Waals surface area contributed by atoms with E-state index in [1.807, 2.05) is 6.07 Å². The van der Waals surface area contributed by atoms with Crippen molar-refractivity contribution in [2.75, 3.05) is 13.7 Å². The summed E-state index contributed by atoms with van der Waals surface area (Å²) in [7, 11) is 1.54. The first-order chi connectivity index (χ1) is 13.6. The lowest BCUT2D eigenvalue weighted by molar-refractivity contribution is 0.0466. The van der Waals surface area contributed by atoms with Crippen LogP contribution in [0, 0.1) is 5.82 Å². The van der Waals surface area contributed by atoms with E-state index in [9.17, 15) is 14.3 Å². The molecular weight excluding hydrogens is 363 g/mol. The van der Waals surface area contributed by atoms with Crippen LogP contribution in [0.1, 0.15) is 23.3 Å². The molecule has 1 N–H and O–H groups in total. The van der Waals surface area contributed by atoms with E-state index in [1.165, 1.54) is 13.2 Å². The summed E-state index contributed by atoms with van der Waals surface area (Å²) in [6.07, 6.45) is 4.66. The maximum atomic E-state index is 14.0. The smallest absolute Gasteiger partial charge is 0.271 e. The molecule has 1 saturated carbocycles. The number of hydrogen-bond donors (Lipinski definition) is 1. The van der Waals surface area contributed by atoms with Gasteiger partial charge in [0.2, 0.25) is 5.88 Å². The Morgan fingerprint density at radius 1 is 1.29 bits per heavy atom. The molecule has 7 nitrogen and oxygen atoms in total. The highest BCUT2D eigenvalue weighted by atomic mass is 19.1. The number of fused-ring (bicyclic) bond motifs is 3. The highest BCUT2D eigenvalue weighted by Gasteiger charge is 2.43. The molecule has 2 aliphatic rings. The van der Waals surface area contributed by atoms with Crippen LogP contribution in [0.5, 0.6) is 5.88 Å². The maximum Gasteiger partial charge on any atom is 0.271 e. The van der Waals surface area contributed by atoms with Crippen molar-refractivity contribution in [3.8, 4) is 17.0 Å². The van der Waals surface area contributed by atoms with Crippen LogP contribution >= 0.6 is 0 Å². The van der Waals surface area contributed by atoms with E-state index < -0.39 is 5.82 Å². The molecule has 5 rings (SSSR count). The Balaban J connectivity index is 1.77. The van der Waals surface area contributed by atoms with E-state index in [-0.39, 0.29) is 24.6 Å². The first-order valence-electron chi connectivity index (χ1n) is 9.24. The number of hydrogen-bond acceptors (Lipinski definition) is 5. The largest absolute Gasteiger partial charge is 0.481 e. The summed E-state index contributed by atoms with van der Waals surface area (Å²) in [4.78, 5) is 23.8. The third-order valence-corrected chi connectivity index (χ3v) is 5.48. The van der Waals surface area contributed by atoms with E-state index in [1.54, 1.807) is 21.7 Å². The van der Waals surface area contributed by atoms with Gasteiger partial charge in [-0.15, -0.1) is 0 Å². The van der Waals surface area contributed by atoms with Gasteiger partial charge in [0.15, 0.2) is 0 Å². The van der Waals surface area contributed by atoms with Crippen molar-refractivity contribution >= 4 is 16.9 Å². The Bertz CT molecular complexity index is 1080. The van der Waals surface area contributed by atoms with Crippen LogP contribution in [-0.4, -0.2) is 56.2 Å². The second-order valence-electron chi connectivity index (χ2n) is 7.22. The normalized spacial score (nSPS) is 19.2. The minimum absolute atomic E-state index is 0.135. The average molecular weight is 382 g/mol. The van der Waals surface area contributed by atoms with Crippen molar-refractivity contribution < 1.29 is 19.0 Å². The molecule has 0 unspecified atom stereocenters. The van der Waals surface area contributed by atoms with E-state index in [2.05, 4.69) is 9.97 Å². The molecule has 144 valence electrons. The summed E-state index contributed by atoms with van der Waals surface area (Å²) in [5.41, 5.74) is 2.91. The Labute approximate surface area is 160 Å². The predicted octanol–water partition coefficient (Wildman–Crippen LogP) is 2.23. The first-order valence-corrected chi connectivity index (χ1v) is 9.24. The van der Waals surface area contributed by atoms with E-state index in [4.69, 9.17) is 4.74 Å². The highest BCUT2D eigenvalue weighted by molar-refractivity contribution is 6.09. The molecule has 1 aliphatic heterocycles. The molecular formula is C20H19FN4O3. The number of pyridine rings is 2. The molecule has 28 heavy (non-hydrogen) atoms. The van der Waals surface area contributed by atoms with Gasteiger partial charge in [-0.25, -0.2) is 9.37 Å². The quantitative estimate of drug-likeness (QED) is 0.748. The van der Waals surface area contributed by atoms with Crippen LogP contribution in [0.2, 0.25) is 0 Å². The SMILES string of the molecule is COc1ccc(-c2c3n(c4cc(F)cnc24)C[C@H](CO)N(C2CC2)C3=O)cn1. The number of aliphatic hydroxyl groups is 1. The van der Waals surface area contributed by atoms with Crippen molar-refractivity contribution in [3.63, 3.8) is 0 Å². The van der Waals surface area contributed by atoms with Gasteiger partial charge < -0.3 is 19.3 Å². The number of ether oxygens (including phenoxy) is 1. The fraction of sp³-hybridized carbons (Fsp3) is 0.350. The molecule has 0 saturated heterocycles. The Morgan fingerprint density at radius 2 is 2.11 bits per heavy atom. The van der Waals surface area contributed by atoms with E-state index in [0.29, 0.717) is 40.3 Å². The molecule has 3 aromatic rings. The number of rotatable bonds is 4. The Morgan fingerprint density at radius 3 is 2.75 bits per heavy atom. The van der Waals surface area contributed by atoms with Gasteiger partial charge in [0.1, 0.15) is 11.5 Å². The monoisotopic (exact) mass is 382 g/mol. The van der Waals surface area contributed by atoms with Gasteiger partial charge >= 0.3 is 0 Å². The predicted molar refractivity (Wildman–Crippen MR) is 99.5 cm³/mol. The standard InChI is InChI=1S/C20H19FN4O3/c1-28-16-5-2-11(7-22-16)17-18-15(6-12(21)8-23-18)24-9-14(10-26)25(13-3-4-13)20(27)19(17)24/h2,5-8,13-14,26H,3-4,9-10H2,1H3/t14-/m1/s1. The van der Waals surface area contributed by atoms with Gasteiger partial charge in [-0.1, -0.05) is 0 Å². The fourth-order valence-corrected chi connectivity index (χ4v) is 4.08. The van der Waals surface area contributed by atoms with Crippen molar-refractivity contribution in [2.24, 2.45) is 0 Å². The molecule has 8 heteroatoms. The van der Waals surface area contributed by atoms with Crippen LogP contribution in [-0.2, 0) is 6.54 Å². The molecule has 0 bridgehead atoms. The topological polar surface area (TPSA) is 80.5 Å². The van der Waals surface area contributed by atoms with E-state index >= 15 is 0 Å². The number of aliphatic hydroxyl groups excluding tert-OH is 1. The first kappa shape index (κ1) is 17.1. The van der Waals surface area contributed by atoms with Crippen molar-refractivity contribution in [1.82, 2.24) is 19.4 Å². The van der Waals surface area contributed by atoms with Crippen molar-refractivity contribution in [2.45, 2.75) is 31.5 Å². The van der Waals surface area contributed by atoms with Crippen LogP contribution in [0.3, 0.4) is 0 Å². The van der Waals surface area contributed by atoms with Gasteiger partial charge in [0, 0.05) is 42.0 Å². The number of amides is 1. The number of carbonyl (C=O) groups excluding carboxylic acids is 1. The number of carbonyl (C=O) groups is 1. The Hall–Kier alpha value is -3.00. The maximum absolute atomic E-state index is 14.0. The lowest BCUT2D eigenvalue weighted by atomic mass is 10.0. The third-order valence-electron chi connectivity index (χ3n) is 5.48. The number of nitrogens with zero attached hydrogens (tertiary/aromatic N) is 4. The number of halogens is 1. The van der Waals surface area contributed by atoms with Crippen LogP contribution in [0.15, 0.2) is 30.6 Å². The summed E-state index contributed by atoms with van der Waals surface area (Å²) in [5.74, 6) is -0.159. The zero-order valence-corrected chi connectivity index (χ0v) is 15.3. The molecule has 1 aliphatic carbocycles. The lowest BCUT2D eigenvalue weighted by Gasteiger charge is -2.36. The minimum Gasteiger partial charge on any atom is -0.481 e. The summed E-state index contributed by atoms with van der Waals surface area (Å²) >= 11 is 0. The minimum atomic E-state index is -0.468. The zero-order valence-electron chi connectivity index (χ0n) is 15.3. The lowest BCUT2D eigenvalue weighted by Crippen LogP contribution is -2.50. The van der Waals surface area contributed by atoms with E-state index in [0.717, 1.165) is 19.0 Å². The Kier molecular flexibility index (Phi) is 3.83. The van der Waals surface area contributed by atoms with Crippen LogP contribution in [0.4, 0.5) is 4.39 Å². The molecule has 4 heterocycles. The summed E-state index contributed by atoms with van der Waals surface area (Å²) in [5, 5.41) is 9.87. The molecule has 0 aromatic carbocycles. The van der Waals surface area contributed by atoms with Gasteiger partial charge in [-0.05, 0) is 18.9 Å². The van der Waals surface area contributed by atoms with Gasteiger partial charge in [-0.2, -0.15) is 0 Å².